The van der Waals surface area contributed by atoms with Gasteiger partial charge in [-0.1, -0.05) is 6.07 Å². The molecule has 0 aliphatic carbocycles. The maximum atomic E-state index is 10.6. The van der Waals surface area contributed by atoms with Gasteiger partial charge in [-0.3, -0.25) is 0 Å². The fourth-order valence-corrected chi connectivity index (χ4v) is 1.07. The van der Waals surface area contributed by atoms with E-state index < -0.39 is 5.97 Å². The Morgan fingerprint density at radius 1 is 1.36 bits per heavy atom. The van der Waals surface area contributed by atoms with Gasteiger partial charge < -0.3 is 5.11 Å². The van der Waals surface area contributed by atoms with Crippen molar-refractivity contribution in [3.8, 4) is 5.82 Å². The molecule has 0 unspecified atom stereocenters. The van der Waals surface area contributed by atoms with E-state index in [0.717, 1.165) is 0 Å². The van der Waals surface area contributed by atoms with Crippen LogP contribution in [0.25, 0.3) is 5.82 Å². The SMILES string of the molecule is O=C(O)c1cccc(-n2cccn2)n1. The molecule has 70 valence electrons. The van der Waals surface area contributed by atoms with Gasteiger partial charge in [0.05, 0.1) is 0 Å². The quantitative estimate of drug-likeness (QED) is 0.764. The molecule has 0 aliphatic rings. The van der Waals surface area contributed by atoms with E-state index in [9.17, 15) is 4.79 Å². The first-order valence-electron chi connectivity index (χ1n) is 3.98. The first kappa shape index (κ1) is 8.43. The van der Waals surface area contributed by atoms with Gasteiger partial charge in [0, 0.05) is 12.4 Å². The number of nitrogens with zero attached hydrogens (tertiary/aromatic N) is 3. The lowest BCUT2D eigenvalue weighted by Gasteiger charge is -2.00. The Morgan fingerprint density at radius 2 is 2.21 bits per heavy atom. The Morgan fingerprint density at radius 3 is 2.86 bits per heavy atom. The molecule has 0 fully saturated rings. The van der Waals surface area contributed by atoms with Crippen LogP contribution in [0.2, 0.25) is 0 Å². The molecule has 5 nitrogen and oxygen atoms in total. The van der Waals surface area contributed by atoms with Gasteiger partial charge in [0.25, 0.3) is 0 Å². The van der Waals surface area contributed by atoms with Crippen molar-refractivity contribution in [2.24, 2.45) is 0 Å². The second-order valence-corrected chi connectivity index (χ2v) is 2.64. The molecule has 1 N–H and O–H groups in total. The minimum absolute atomic E-state index is 0.0120. The Bertz CT molecular complexity index is 451. The number of rotatable bonds is 2. The van der Waals surface area contributed by atoms with Crippen LogP contribution in [0.15, 0.2) is 36.7 Å². The first-order chi connectivity index (χ1) is 6.77. The fraction of sp³-hybridized carbons (Fsp3) is 0. The van der Waals surface area contributed by atoms with Crippen molar-refractivity contribution in [1.29, 1.82) is 0 Å². The lowest BCUT2D eigenvalue weighted by atomic mass is 10.3. The van der Waals surface area contributed by atoms with E-state index in [0.29, 0.717) is 5.82 Å². The summed E-state index contributed by atoms with van der Waals surface area (Å²) in [6, 6.07) is 6.51. The van der Waals surface area contributed by atoms with Gasteiger partial charge in [0.15, 0.2) is 11.5 Å². The van der Waals surface area contributed by atoms with Crippen LogP contribution in [-0.2, 0) is 0 Å². The molecule has 0 atom stereocenters. The van der Waals surface area contributed by atoms with Crippen LogP contribution in [0.1, 0.15) is 10.5 Å². The zero-order valence-corrected chi connectivity index (χ0v) is 7.16. The van der Waals surface area contributed by atoms with Gasteiger partial charge in [-0.05, 0) is 18.2 Å². The second kappa shape index (κ2) is 3.29. The molecular formula is C9H7N3O2. The summed E-state index contributed by atoms with van der Waals surface area (Å²) in [6.07, 6.45) is 3.31. The van der Waals surface area contributed by atoms with Crippen molar-refractivity contribution in [1.82, 2.24) is 14.8 Å². The highest BCUT2D eigenvalue weighted by molar-refractivity contribution is 5.85. The van der Waals surface area contributed by atoms with Crippen LogP contribution in [-0.4, -0.2) is 25.8 Å². The molecular weight excluding hydrogens is 182 g/mol. The summed E-state index contributed by atoms with van der Waals surface area (Å²) >= 11 is 0. The van der Waals surface area contributed by atoms with Gasteiger partial charge in [0.2, 0.25) is 0 Å². The summed E-state index contributed by atoms with van der Waals surface area (Å²) < 4.78 is 1.51. The highest BCUT2D eigenvalue weighted by atomic mass is 16.4. The van der Waals surface area contributed by atoms with Crippen LogP contribution in [0.5, 0.6) is 0 Å². The Kier molecular flexibility index (Phi) is 1.98. The number of pyridine rings is 1. The van der Waals surface area contributed by atoms with Crippen molar-refractivity contribution in [3.63, 3.8) is 0 Å². The molecule has 0 bridgehead atoms. The number of aromatic nitrogens is 3. The zero-order valence-electron chi connectivity index (χ0n) is 7.16. The number of carboxylic acids is 1. The second-order valence-electron chi connectivity index (χ2n) is 2.64. The summed E-state index contributed by atoms with van der Waals surface area (Å²) in [6.45, 7) is 0. The molecule has 0 radical (unpaired) electrons. The van der Waals surface area contributed by atoms with E-state index in [2.05, 4.69) is 10.1 Å². The number of hydrogen-bond donors (Lipinski definition) is 1. The molecule has 14 heavy (non-hydrogen) atoms. The van der Waals surface area contributed by atoms with E-state index >= 15 is 0 Å². The third kappa shape index (κ3) is 1.47. The minimum Gasteiger partial charge on any atom is -0.477 e. The van der Waals surface area contributed by atoms with Crippen LogP contribution in [0, 0.1) is 0 Å². The Hall–Kier alpha value is -2.17. The fourth-order valence-electron chi connectivity index (χ4n) is 1.07. The van der Waals surface area contributed by atoms with Gasteiger partial charge in [-0.2, -0.15) is 5.10 Å². The number of carbonyl (C=O) groups is 1. The van der Waals surface area contributed by atoms with Gasteiger partial charge in [0.1, 0.15) is 0 Å². The van der Waals surface area contributed by atoms with Crippen molar-refractivity contribution in [3.05, 3.63) is 42.4 Å². The Labute approximate surface area is 79.6 Å². The van der Waals surface area contributed by atoms with Crippen molar-refractivity contribution >= 4 is 5.97 Å². The smallest absolute Gasteiger partial charge is 0.354 e. The monoisotopic (exact) mass is 189 g/mol. The number of hydrogen-bond acceptors (Lipinski definition) is 3. The average molecular weight is 189 g/mol. The van der Waals surface area contributed by atoms with Crippen LogP contribution >= 0.6 is 0 Å². The molecule has 0 amide bonds. The molecule has 0 spiro atoms. The molecule has 2 heterocycles. The van der Waals surface area contributed by atoms with E-state index in [1.807, 2.05) is 0 Å². The summed E-state index contributed by atoms with van der Waals surface area (Å²) in [4.78, 5) is 14.5. The van der Waals surface area contributed by atoms with E-state index in [4.69, 9.17) is 5.11 Å². The highest BCUT2D eigenvalue weighted by Gasteiger charge is 2.05. The molecule has 2 aromatic heterocycles. The minimum atomic E-state index is -1.04. The lowest BCUT2D eigenvalue weighted by molar-refractivity contribution is 0.0690. The number of carboxylic acid groups (broad SMARTS) is 1. The van der Waals surface area contributed by atoms with Crippen molar-refractivity contribution in [2.75, 3.05) is 0 Å². The van der Waals surface area contributed by atoms with Crippen LogP contribution in [0.3, 0.4) is 0 Å². The molecule has 2 aromatic rings. The van der Waals surface area contributed by atoms with Crippen molar-refractivity contribution in [2.45, 2.75) is 0 Å². The maximum Gasteiger partial charge on any atom is 0.354 e. The Balaban J connectivity index is 2.46. The standard InChI is InChI=1S/C9H7N3O2/c13-9(14)7-3-1-4-8(11-7)12-6-2-5-10-12/h1-6H,(H,13,14). The summed E-state index contributed by atoms with van der Waals surface area (Å²) in [7, 11) is 0. The topological polar surface area (TPSA) is 68.0 Å². The third-order valence-corrected chi connectivity index (χ3v) is 1.69. The van der Waals surface area contributed by atoms with Gasteiger partial charge >= 0.3 is 5.97 Å². The highest BCUT2D eigenvalue weighted by Crippen LogP contribution is 2.03. The molecule has 0 saturated heterocycles. The summed E-state index contributed by atoms with van der Waals surface area (Å²) in [5, 5.41) is 12.7. The van der Waals surface area contributed by atoms with E-state index in [-0.39, 0.29) is 5.69 Å². The summed E-state index contributed by atoms with van der Waals surface area (Å²) in [5.41, 5.74) is 0.0120. The predicted molar refractivity (Wildman–Crippen MR) is 48.3 cm³/mol. The first-order valence-corrected chi connectivity index (χ1v) is 3.98. The molecule has 5 heteroatoms. The number of aromatic carboxylic acids is 1. The van der Waals surface area contributed by atoms with Crippen LogP contribution in [0.4, 0.5) is 0 Å². The van der Waals surface area contributed by atoms with Gasteiger partial charge in [-0.15, -0.1) is 0 Å². The zero-order chi connectivity index (χ0) is 9.97. The summed E-state index contributed by atoms with van der Waals surface area (Å²) in [5.74, 6) is -0.547. The van der Waals surface area contributed by atoms with Crippen LogP contribution < -0.4 is 0 Å². The predicted octanol–water partition coefficient (Wildman–Crippen LogP) is 0.965. The normalized spacial score (nSPS) is 10.0. The molecule has 2 rings (SSSR count). The average Bonchev–Trinajstić information content (AvgIpc) is 2.71. The van der Waals surface area contributed by atoms with Crippen molar-refractivity contribution < 1.29 is 9.90 Å². The largest absolute Gasteiger partial charge is 0.477 e. The van der Waals surface area contributed by atoms with Gasteiger partial charge in [-0.25, -0.2) is 14.5 Å². The molecule has 0 saturated carbocycles. The lowest BCUT2D eigenvalue weighted by Crippen LogP contribution is -2.04. The molecule has 0 aromatic carbocycles. The maximum absolute atomic E-state index is 10.6. The molecule has 0 aliphatic heterocycles. The third-order valence-electron chi connectivity index (χ3n) is 1.69. The van der Waals surface area contributed by atoms with E-state index in [1.54, 1.807) is 30.6 Å². The van der Waals surface area contributed by atoms with E-state index in [1.165, 1.54) is 10.7 Å².